The van der Waals surface area contributed by atoms with Crippen LogP contribution < -0.4 is 5.73 Å². The zero-order valence-electron chi connectivity index (χ0n) is 12.1. The van der Waals surface area contributed by atoms with Crippen LogP contribution in [-0.2, 0) is 6.18 Å². The fraction of sp³-hybridized carbons (Fsp3) is 0.600. The molecule has 0 aliphatic carbocycles. The van der Waals surface area contributed by atoms with Gasteiger partial charge < -0.3 is 15.7 Å². The van der Waals surface area contributed by atoms with E-state index in [9.17, 15) is 22.7 Å². The summed E-state index contributed by atoms with van der Waals surface area (Å²) >= 11 is 0. The van der Waals surface area contributed by atoms with Gasteiger partial charge in [-0.1, -0.05) is 6.07 Å². The number of rotatable bonds is 5. The van der Waals surface area contributed by atoms with Crippen LogP contribution in [0.2, 0.25) is 0 Å². The predicted octanol–water partition coefficient (Wildman–Crippen LogP) is 2.34. The molecule has 0 aromatic heterocycles. The van der Waals surface area contributed by atoms with Crippen LogP contribution in [0.4, 0.5) is 17.6 Å². The van der Waals surface area contributed by atoms with Gasteiger partial charge >= 0.3 is 6.18 Å². The van der Waals surface area contributed by atoms with Crippen molar-refractivity contribution in [3.8, 4) is 0 Å². The van der Waals surface area contributed by atoms with Crippen LogP contribution in [0.5, 0.6) is 0 Å². The lowest BCUT2D eigenvalue weighted by Crippen LogP contribution is -2.31. The summed E-state index contributed by atoms with van der Waals surface area (Å²) in [7, 11) is 0. The number of aliphatic hydroxyl groups is 1. The quantitative estimate of drug-likeness (QED) is 0.819. The minimum absolute atomic E-state index is 0.146. The van der Waals surface area contributed by atoms with E-state index in [1.54, 1.807) is 0 Å². The van der Waals surface area contributed by atoms with Crippen molar-refractivity contribution in [3.05, 3.63) is 35.1 Å². The number of halogens is 4. The number of benzene rings is 1. The SMILES string of the molecule is NCC[C@@H](O)CN1CCC(c2ccc(C(F)(F)F)cc2F)C1. The summed E-state index contributed by atoms with van der Waals surface area (Å²) in [5, 5.41) is 9.73. The van der Waals surface area contributed by atoms with Gasteiger partial charge in [0.05, 0.1) is 11.7 Å². The third-order valence-corrected chi connectivity index (χ3v) is 4.01. The number of nitrogens with two attached hydrogens (primary N) is 1. The van der Waals surface area contributed by atoms with Crippen LogP contribution in [0.15, 0.2) is 18.2 Å². The van der Waals surface area contributed by atoms with Crippen LogP contribution in [0, 0.1) is 5.82 Å². The molecular weight excluding hydrogens is 300 g/mol. The van der Waals surface area contributed by atoms with Gasteiger partial charge in [-0.25, -0.2) is 4.39 Å². The van der Waals surface area contributed by atoms with Crippen molar-refractivity contribution in [2.75, 3.05) is 26.2 Å². The van der Waals surface area contributed by atoms with Gasteiger partial charge in [-0.05, 0) is 43.6 Å². The van der Waals surface area contributed by atoms with E-state index in [1.807, 2.05) is 4.90 Å². The van der Waals surface area contributed by atoms with E-state index >= 15 is 0 Å². The van der Waals surface area contributed by atoms with Crippen molar-refractivity contribution in [2.45, 2.75) is 31.0 Å². The Bertz CT molecular complexity index is 507. The maximum absolute atomic E-state index is 14.0. The van der Waals surface area contributed by atoms with Crippen LogP contribution in [0.1, 0.15) is 29.9 Å². The second-order valence-electron chi connectivity index (χ2n) is 5.71. The number of likely N-dealkylation sites (tertiary alicyclic amines) is 1. The highest BCUT2D eigenvalue weighted by atomic mass is 19.4. The molecule has 1 saturated heterocycles. The molecule has 3 nitrogen and oxygen atoms in total. The fourth-order valence-corrected chi connectivity index (χ4v) is 2.87. The van der Waals surface area contributed by atoms with E-state index in [2.05, 4.69) is 0 Å². The van der Waals surface area contributed by atoms with Gasteiger partial charge in [0.15, 0.2) is 0 Å². The lowest BCUT2D eigenvalue weighted by Gasteiger charge is -2.20. The molecule has 1 unspecified atom stereocenters. The summed E-state index contributed by atoms with van der Waals surface area (Å²) in [5.74, 6) is -0.962. The maximum atomic E-state index is 14.0. The molecule has 2 rings (SSSR count). The molecule has 0 radical (unpaired) electrons. The average Bonchev–Trinajstić information content (AvgIpc) is 2.86. The van der Waals surface area contributed by atoms with Gasteiger partial charge in [0, 0.05) is 19.0 Å². The first kappa shape index (κ1) is 17.2. The standard InChI is InChI=1S/C15H20F4N2O/c16-14-7-11(15(17,18)19)1-2-13(14)10-4-6-21(8-10)9-12(22)3-5-20/h1-2,7,10,12,22H,3-6,8-9,20H2/t10?,12-/m1/s1. The van der Waals surface area contributed by atoms with E-state index in [-0.39, 0.29) is 5.92 Å². The monoisotopic (exact) mass is 320 g/mol. The van der Waals surface area contributed by atoms with E-state index < -0.39 is 23.7 Å². The Kier molecular flexibility index (Phi) is 5.41. The number of hydrogen-bond acceptors (Lipinski definition) is 3. The van der Waals surface area contributed by atoms with Gasteiger partial charge in [-0.15, -0.1) is 0 Å². The predicted molar refractivity (Wildman–Crippen MR) is 74.9 cm³/mol. The number of hydrogen-bond donors (Lipinski definition) is 2. The third kappa shape index (κ3) is 4.18. The second kappa shape index (κ2) is 6.93. The molecule has 0 amide bonds. The van der Waals surface area contributed by atoms with Crippen LogP contribution in [0.25, 0.3) is 0 Å². The molecular formula is C15H20F4N2O. The molecule has 124 valence electrons. The van der Waals surface area contributed by atoms with Gasteiger partial charge in [-0.2, -0.15) is 13.2 Å². The second-order valence-corrected chi connectivity index (χ2v) is 5.71. The molecule has 0 spiro atoms. The summed E-state index contributed by atoms with van der Waals surface area (Å²) in [6, 6.07) is 2.70. The highest BCUT2D eigenvalue weighted by Gasteiger charge is 2.33. The molecule has 7 heteroatoms. The Balaban J connectivity index is 2.02. The van der Waals surface area contributed by atoms with Gasteiger partial charge in [-0.3, -0.25) is 0 Å². The Hall–Kier alpha value is -1.18. The molecule has 1 aliphatic heterocycles. The smallest absolute Gasteiger partial charge is 0.392 e. The van der Waals surface area contributed by atoms with Crippen molar-refractivity contribution in [2.24, 2.45) is 5.73 Å². The first-order chi connectivity index (χ1) is 10.3. The Morgan fingerprint density at radius 1 is 1.36 bits per heavy atom. The third-order valence-electron chi connectivity index (χ3n) is 4.01. The number of nitrogens with zero attached hydrogens (tertiary/aromatic N) is 1. The molecule has 1 aliphatic rings. The lowest BCUT2D eigenvalue weighted by molar-refractivity contribution is -0.137. The van der Waals surface area contributed by atoms with Crippen molar-refractivity contribution < 1.29 is 22.7 Å². The van der Waals surface area contributed by atoms with Crippen LogP contribution >= 0.6 is 0 Å². The summed E-state index contributed by atoms with van der Waals surface area (Å²) in [4.78, 5) is 1.99. The zero-order valence-corrected chi connectivity index (χ0v) is 12.1. The highest BCUT2D eigenvalue weighted by Crippen LogP contribution is 2.34. The first-order valence-electron chi connectivity index (χ1n) is 7.28. The maximum Gasteiger partial charge on any atom is 0.416 e. The molecule has 2 atom stereocenters. The van der Waals surface area contributed by atoms with E-state index in [0.29, 0.717) is 50.7 Å². The number of aliphatic hydroxyl groups excluding tert-OH is 1. The van der Waals surface area contributed by atoms with Gasteiger partial charge in [0.25, 0.3) is 0 Å². The van der Waals surface area contributed by atoms with E-state index in [0.717, 1.165) is 6.07 Å². The summed E-state index contributed by atoms with van der Waals surface area (Å²) in [5.41, 5.74) is 4.71. The molecule has 0 bridgehead atoms. The first-order valence-corrected chi connectivity index (χ1v) is 7.28. The average molecular weight is 320 g/mol. The molecule has 1 aromatic rings. The Labute approximate surface area is 126 Å². The highest BCUT2D eigenvalue weighted by molar-refractivity contribution is 5.29. The fourth-order valence-electron chi connectivity index (χ4n) is 2.87. The van der Waals surface area contributed by atoms with Crippen molar-refractivity contribution >= 4 is 0 Å². The molecule has 22 heavy (non-hydrogen) atoms. The Morgan fingerprint density at radius 3 is 2.68 bits per heavy atom. The molecule has 1 fully saturated rings. The molecule has 0 saturated carbocycles. The molecule has 1 aromatic carbocycles. The van der Waals surface area contributed by atoms with Crippen molar-refractivity contribution in [3.63, 3.8) is 0 Å². The van der Waals surface area contributed by atoms with Gasteiger partial charge in [0.1, 0.15) is 5.82 Å². The Morgan fingerprint density at radius 2 is 2.09 bits per heavy atom. The summed E-state index contributed by atoms with van der Waals surface area (Å²) in [6.07, 6.45) is -3.90. The van der Waals surface area contributed by atoms with Crippen LogP contribution in [-0.4, -0.2) is 42.3 Å². The summed E-state index contributed by atoms with van der Waals surface area (Å²) in [6.45, 7) is 2.07. The van der Waals surface area contributed by atoms with Gasteiger partial charge in [0.2, 0.25) is 0 Å². The minimum atomic E-state index is -4.53. The lowest BCUT2D eigenvalue weighted by atomic mass is 9.96. The summed E-state index contributed by atoms with van der Waals surface area (Å²) < 4.78 is 51.6. The largest absolute Gasteiger partial charge is 0.416 e. The van der Waals surface area contributed by atoms with Crippen LogP contribution in [0.3, 0.4) is 0 Å². The minimum Gasteiger partial charge on any atom is -0.392 e. The number of alkyl halides is 3. The van der Waals surface area contributed by atoms with Crippen molar-refractivity contribution in [1.82, 2.24) is 4.90 Å². The molecule has 3 N–H and O–H groups in total. The molecule has 1 heterocycles. The van der Waals surface area contributed by atoms with Crippen molar-refractivity contribution in [1.29, 1.82) is 0 Å². The number of β-amino-alcohol motifs (C(OH)–C–C–N with tert-alkyl or cyclic N) is 1. The zero-order chi connectivity index (χ0) is 16.3. The topological polar surface area (TPSA) is 49.5 Å². The van der Waals surface area contributed by atoms with E-state index in [4.69, 9.17) is 5.73 Å². The normalized spacial score (nSPS) is 21.3. The van der Waals surface area contributed by atoms with E-state index in [1.165, 1.54) is 6.07 Å².